The third-order valence-electron chi connectivity index (χ3n) is 15.6. The third kappa shape index (κ3) is 15.4. The van der Waals surface area contributed by atoms with Gasteiger partial charge in [-0.1, -0.05) is 63.8 Å². The fourth-order valence-corrected chi connectivity index (χ4v) is 10.8. The molecule has 0 saturated heterocycles. The highest BCUT2D eigenvalue weighted by Gasteiger charge is 2.54. The average molecular weight is 945 g/mol. The Labute approximate surface area is 410 Å². The molecule has 2 N–H and O–H groups in total. The van der Waals surface area contributed by atoms with Crippen molar-refractivity contribution in [1.82, 2.24) is 0 Å². The Morgan fingerprint density at radius 3 is 1.21 bits per heavy atom. The number of Topliss-reactive ketones (excluding diaryl/α,β-unsaturated/α-hetero) is 4. The molecule has 4 rings (SSSR count). The molecule has 2 aromatic carbocycles. The number of rotatable bonds is 24. The molecule has 2 aliphatic carbocycles. The summed E-state index contributed by atoms with van der Waals surface area (Å²) in [7, 11) is 6.64. The Hall–Kier alpha value is -4.28. The van der Waals surface area contributed by atoms with Crippen molar-refractivity contribution in [2.24, 2.45) is 21.7 Å². The number of carbonyl (C=O) groups is 4. The zero-order chi connectivity index (χ0) is 51.5. The minimum atomic E-state index is -0.858. The Morgan fingerprint density at radius 2 is 0.912 bits per heavy atom. The van der Waals surface area contributed by atoms with Gasteiger partial charge in [0.05, 0.1) is 39.6 Å². The highest BCUT2D eigenvalue weighted by molar-refractivity contribution is 5.89. The van der Waals surface area contributed by atoms with Gasteiger partial charge in [0.15, 0.2) is 0 Å². The van der Waals surface area contributed by atoms with Crippen LogP contribution in [0.2, 0.25) is 0 Å². The van der Waals surface area contributed by atoms with E-state index in [4.69, 9.17) is 18.9 Å². The Morgan fingerprint density at radius 1 is 0.574 bits per heavy atom. The second kappa shape index (κ2) is 24.0. The monoisotopic (exact) mass is 945 g/mol. The predicted octanol–water partition coefficient (Wildman–Crippen LogP) is 12.3. The van der Waals surface area contributed by atoms with E-state index in [0.29, 0.717) is 64.2 Å². The van der Waals surface area contributed by atoms with Crippen molar-refractivity contribution in [3.63, 3.8) is 0 Å². The summed E-state index contributed by atoms with van der Waals surface area (Å²) in [6, 6.07) is 7.85. The molecule has 0 unspecified atom stereocenters. The third-order valence-corrected chi connectivity index (χ3v) is 15.6. The van der Waals surface area contributed by atoms with Crippen molar-refractivity contribution in [3.05, 3.63) is 69.8 Å². The average Bonchev–Trinajstić information content (AvgIpc) is 3.71. The summed E-state index contributed by atoms with van der Waals surface area (Å²) < 4.78 is 21.9. The largest absolute Gasteiger partial charge is 0.497 e. The van der Waals surface area contributed by atoms with Crippen LogP contribution in [0, 0.1) is 35.5 Å². The molecule has 0 bridgehead atoms. The van der Waals surface area contributed by atoms with E-state index >= 15 is 0 Å². The standard InChI is InChI=1S/2C29H44O5/c2*1-20(10-11-22-18-24(33-7)17-21(2)26(22)34-8)16-23(30)19-28(5)13-9-14-29(28,6)25(31)12-15-27(3,4)32/h2*10,17-18,32H,9,11-16,19H2,1-8H3/b20-10+;20-10-/t2*28-,29+/m11/s1. The molecule has 2 aliphatic rings. The maximum atomic E-state index is 13.2. The summed E-state index contributed by atoms with van der Waals surface area (Å²) in [5.74, 6) is 3.97. The van der Waals surface area contributed by atoms with Crippen molar-refractivity contribution in [3.8, 4) is 23.0 Å². The number of allylic oxidation sites excluding steroid dienone is 4. The first-order chi connectivity index (χ1) is 31.5. The van der Waals surface area contributed by atoms with Crippen LogP contribution >= 0.6 is 0 Å². The summed E-state index contributed by atoms with van der Waals surface area (Å²) in [4.78, 5) is 52.5. The minimum Gasteiger partial charge on any atom is -0.497 e. The normalized spacial score (nSPS) is 23.1. The van der Waals surface area contributed by atoms with E-state index in [0.717, 1.165) is 94.9 Å². The van der Waals surface area contributed by atoms with E-state index in [-0.39, 0.29) is 34.0 Å². The molecule has 4 atom stereocenters. The number of aryl methyl sites for hydroxylation is 2. The summed E-state index contributed by atoms with van der Waals surface area (Å²) in [6.07, 6.45) is 14.0. The van der Waals surface area contributed by atoms with Crippen LogP contribution in [0.1, 0.15) is 181 Å². The molecule has 2 aromatic rings. The molecule has 2 fully saturated rings. The number of benzene rings is 2. The first kappa shape index (κ1) is 58.0. The van der Waals surface area contributed by atoms with Crippen molar-refractivity contribution in [2.75, 3.05) is 28.4 Å². The van der Waals surface area contributed by atoms with Crippen LogP contribution in [0.15, 0.2) is 47.6 Å². The van der Waals surface area contributed by atoms with Crippen LogP contribution < -0.4 is 18.9 Å². The fourth-order valence-electron chi connectivity index (χ4n) is 10.8. The smallest absolute Gasteiger partial charge is 0.139 e. The maximum Gasteiger partial charge on any atom is 0.139 e. The van der Waals surface area contributed by atoms with Gasteiger partial charge in [0, 0.05) is 60.5 Å². The topological polar surface area (TPSA) is 146 Å². The first-order valence-electron chi connectivity index (χ1n) is 24.8. The highest BCUT2D eigenvalue weighted by atomic mass is 16.5. The van der Waals surface area contributed by atoms with E-state index in [9.17, 15) is 29.4 Å². The summed E-state index contributed by atoms with van der Waals surface area (Å²) >= 11 is 0. The summed E-state index contributed by atoms with van der Waals surface area (Å²) in [5.41, 5.74) is 2.69. The lowest BCUT2D eigenvalue weighted by Gasteiger charge is -2.40. The van der Waals surface area contributed by atoms with Crippen LogP contribution in [-0.2, 0) is 32.0 Å². The van der Waals surface area contributed by atoms with Gasteiger partial charge in [0.2, 0.25) is 0 Å². The predicted molar refractivity (Wildman–Crippen MR) is 273 cm³/mol. The number of ether oxygens (including phenoxy) is 4. The highest BCUT2D eigenvalue weighted by Crippen LogP contribution is 2.57. The molecule has 2 saturated carbocycles. The molecule has 0 radical (unpaired) electrons. The van der Waals surface area contributed by atoms with Crippen LogP contribution in [0.25, 0.3) is 0 Å². The molecule has 0 aliphatic heterocycles. The van der Waals surface area contributed by atoms with Gasteiger partial charge in [0.1, 0.15) is 46.1 Å². The summed E-state index contributed by atoms with van der Waals surface area (Å²) in [6.45, 7) is 23.2. The van der Waals surface area contributed by atoms with Crippen LogP contribution in [0.4, 0.5) is 0 Å². The van der Waals surface area contributed by atoms with E-state index in [1.54, 1.807) is 56.1 Å². The van der Waals surface area contributed by atoms with E-state index in [2.05, 4.69) is 26.0 Å². The Bertz CT molecular complexity index is 2000. The molecule has 0 heterocycles. The van der Waals surface area contributed by atoms with E-state index in [1.165, 1.54) is 0 Å². The van der Waals surface area contributed by atoms with Gasteiger partial charge in [-0.05, 0) is 153 Å². The lowest BCUT2D eigenvalue weighted by Crippen LogP contribution is -2.41. The second-order valence-corrected chi connectivity index (χ2v) is 22.5. The van der Waals surface area contributed by atoms with Gasteiger partial charge in [-0.25, -0.2) is 0 Å². The van der Waals surface area contributed by atoms with Gasteiger partial charge >= 0.3 is 0 Å². The summed E-state index contributed by atoms with van der Waals surface area (Å²) in [5, 5.41) is 20.1. The molecule has 68 heavy (non-hydrogen) atoms. The van der Waals surface area contributed by atoms with Crippen LogP contribution in [-0.4, -0.2) is 73.0 Å². The molecule has 10 nitrogen and oxygen atoms in total. The zero-order valence-corrected chi connectivity index (χ0v) is 44.9. The van der Waals surface area contributed by atoms with E-state index in [1.807, 2.05) is 65.8 Å². The molecule has 0 aromatic heterocycles. The molecular weight excluding hydrogens is 857 g/mol. The number of carbonyl (C=O) groups excluding carboxylic acids is 4. The minimum absolute atomic E-state index is 0.174. The van der Waals surface area contributed by atoms with Crippen molar-refractivity contribution >= 4 is 23.1 Å². The molecule has 380 valence electrons. The van der Waals surface area contributed by atoms with Crippen LogP contribution in [0.5, 0.6) is 23.0 Å². The number of hydrogen-bond donors (Lipinski definition) is 2. The zero-order valence-electron chi connectivity index (χ0n) is 44.9. The number of aliphatic hydroxyl groups is 2. The Balaban J connectivity index is 0.000000360. The molecule has 0 amide bonds. The quantitative estimate of drug-likeness (QED) is 0.0975. The molecule has 0 spiro atoms. The van der Waals surface area contributed by atoms with Crippen LogP contribution in [0.3, 0.4) is 0 Å². The Kier molecular flexibility index (Phi) is 20.5. The van der Waals surface area contributed by atoms with Crippen molar-refractivity contribution in [2.45, 2.75) is 197 Å². The number of hydrogen-bond acceptors (Lipinski definition) is 10. The van der Waals surface area contributed by atoms with Gasteiger partial charge in [-0.15, -0.1) is 0 Å². The second-order valence-electron chi connectivity index (χ2n) is 22.5. The number of methoxy groups -OCH3 is 4. The van der Waals surface area contributed by atoms with Gasteiger partial charge in [-0.2, -0.15) is 0 Å². The van der Waals surface area contributed by atoms with Crippen molar-refractivity contribution in [1.29, 1.82) is 0 Å². The number of ketones is 4. The van der Waals surface area contributed by atoms with Gasteiger partial charge in [0.25, 0.3) is 0 Å². The SMILES string of the molecule is COc1cc(C)c(OC)c(C/C=C(/C)CC(=O)C[C@@]2(C)CCC[C@@]2(C)C(=O)CCC(C)(C)O)c1.COc1cc(C)c(OC)c(C/C=C(\C)CC(=O)C[C@@]2(C)CCC[C@@]2(C)C(=O)CCC(C)(C)O)c1. The molecule has 10 heteroatoms. The maximum absolute atomic E-state index is 13.2. The van der Waals surface area contributed by atoms with Gasteiger partial charge in [-0.3, -0.25) is 19.2 Å². The van der Waals surface area contributed by atoms with E-state index < -0.39 is 22.0 Å². The molecular formula is C58H88O10. The van der Waals surface area contributed by atoms with Crippen molar-refractivity contribution < 1.29 is 48.3 Å². The van der Waals surface area contributed by atoms with Gasteiger partial charge < -0.3 is 29.2 Å². The lowest BCUT2D eigenvalue weighted by atomic mass is 9.62. The lowest BCUT2D eigenvalue weighted by molar-refractivity contribution is -0.137. The first-order valence-corrected chi connectivity index (χ1v) is 24.8. The fraction of sp³-hybridized carbons (Fsp3) is 0.655.